The molecule has 2 aromatic rings. The zero-order valence-corrected chi connectivity index (χ0v) is 13.1. The van der Waals surface area contributed by atoms with Crippen LogP contribution < -0.4 is 15.4 Å². The Kier molecular flexibility index (Phi) is 6.21. The monoisotopic (exact) mass is 356 g/mol. The predicted octanol–water partition coefficient (Wildman–Crippen LogP) is 3.50. The van der Waals surface area contributed by atoms with Crippen molar-refractivity contribution in [2.24, 2.45) is 0 Å². The Balaban J connectivity index is 1.79. The second kappa shape index (κ2) is 8.36. The van der Waals surface area contributed by atoms with E-state index in [-0.39, 0.29) is 24.0 Å². The largest absolute Gasteiger partial charge is 0.573 e. The topological polar surface area (TPSA) is 50.4 Å². The summed E-state index contributed by atoms with van der Waals surface area (Å²) in [5.41, 5.74) is 0.923. The molecule has 0 saturated carbocycles. The Morgan fingerprint density at radius 3 is 2.40 bits per heavy atom. The van der Waals surface area contributed by atoms with Crippen molar-refractivity contribution in [1.29, 1.82) is 0 Å². The number of anilines is 1. The molecular formula is C17H16F4N2O2. The maximum absolute atomic E-state index is 12.8. The van der Waals surface area contributed by atoms with E-state index in [2.05, 4.69) is 15.4 Å². The molecule has 8 heteroatoms. The van der Waals surface area contributed by atoms with Gasteiger partial charge in [0.15, 0.2) is 5.75 Å². The number of amides is 1. The molecular weight excluding hydrogens is 340 g/mol. The van der Waals surface area contributed by atoms with Gasteiger partial charge in [0.2, 0.25) is 5.91 Å². The van der Waals surface area contributed by atoms with Crippen molar-refractivity contribution in [3.05, 3.63) is 59.9 Å². The number of hydrogen-bond acceptors (Lipinski definition) is 3. The summed E-state index contributed by atoms with van der Waals surface area (Å²) >= 11 is 0. The van der Waals surface area contributed by atoms with E-state index in [1.165, 1.54) is 30.3 Å². The Morgan fingerprint density at radius 1 is 1.04 bits per heavy atom. The van der Waals surface area contributed by atoms with Crippen molar-refractivity contribution in [3.63, 3.8) is 0 Å². The third-order valence-electron chi connectivity index (χ3n) is 3.20. The van der Waals surface area contributed by atoms with Crippen LogP contribution >= 0.6 is 0 Å². The summed E-state index contributed by atoms with van der Waals surface area (Å²) in [7, 11) is 0. The number of benzene rings is 2. The van der Waals surface area contributed by atoms with Crippen molar-refractivity contribution in [3.8, 4) is 5.75 Å². The molecule has 0 spiro atoms. The van der Waals surface area contributed by atoms with E-state index in [9.17, 15) is 22.4 Å². The lowest BCUT2D eigenvalue weighted by Crippen LogP contribution is -2.31. The van der Waals surface area contributed by atoms with Gasteiger partial charge in [-0.25, -0.2) is 4.39 Å². The van der Waals surface area contributed by atoms with E-state index in [0.717, 1.165) is 11.6 Å². The number of carbonyl (C=O) groups is 1. The molecule has 2 rings (SSSR count). The number of halogens is 4. The molecule has 0 atom stereocenters. The minimum Gasteiger partial charge on any atom is -0.404 e. The van der Waals surface area contributed by atoms with Gasteiger partial charge in [-0.3, -0.25) is 4.79 Å². The van der Waals surface area contributed by atoms with Gasteiger partial charge >= 0.3 is 6.36 Å². The number of nitrogens with one attached hydrogen (secondary N) is 2. The van der Waals surface area contributed by atoms with E-state index < -0.39 is 12.1 Å². The maximum atomic E-state index is 12.8. The van der Waals surface area contributed by atoms with Crippen LogP contribution in [0.25, 0.3) is 0 Å². The molecule has 0 saturated heterocycles. The number of ether oxygens (including phenoxy) is 1. The van der Waals surface area contributed by atoms with Crippen molar-refractivity contribution in [2.45, 2.75) is 12.8 Å². The first kappa shape index (κ1) is 18.6. The fourth-order valence-corrected chi connectivity index (χ4v) is 2.06. The normalized spacial score (nSPS) is 11.0. The molecule has 0 aliphatic carbocycles. The second-order valence-corrected chi connectivity index (χ2v) is 5.12. The Bertz CT molecular complexity index is 703. The maximum Gasteiger partial charge on any atom is 0.573 e. The molecule has 0 bridgehead atoms. The Hall–Kier alpha value is -2.77. The Morgan fingerprint density at radius 2 is 1.72 bits per heavy atom. The molecule has 0 heterocycles. The van der Waals surface area contributed by atoms with Crippen LogP contribution in [0.2, 0.25) is 0 Å². The van der Waals surface area contributed by atoms with Crippen molar-refractivity contribution in [1.82, 2.24) is 5.32 Å². The first-order chi connectivity index (χ1) is 11.8. The number of alkyl halides is 3. The molecule has 4 nitrogen and oxygen atoms in total. The quantitative estimate of drug-likeness (QED) is 0.747. The van der Waals surface area contributed by atoms with Crippen LogP contribution in [-0.4, -0.2) is 25.4 Å². The summed E-state index contributed by atoms with van der Waals surface area (Å²) in [6, 6.07) is 11.4. The zero-order valence-electron chi connectivity index (χ0n) is 13.1. The molecule has 1 amide bonds. The predicted molar refractivity (Wildman–Crippen MR) is 84.7 cm³/mol. The van der Waals surface area contributed by atoms with Crippen LogP contribution in [0.15, 0.2) is 48.5 Å². The third-order valence-corrected chi connectivity index (χ3v) is 3.20. The van der Waals surface area contributed by atoms with E-state index in [1.54, 1.807) is 12.1 Å². The lowest BCUT2D eigenvalue weighted by atomic mass is 10.1. The Labute approximate surface area is 141 Å². The lowest BCUT2D eigenvalue weighted by molar-refractivity contribution is -0.274. The summed E-state index contributed by atoms with van der Waals surface area (Å²) in [6.07, 6.45) is -4.30. The number of rotatable bonds is 7. The van der Waals surface area contributed by atoms with E-state index >= 15 is 0 Å². The first-order valence-electron chi connectivity index (χ1n) is 7.43. The summed E-state index contributed by atoms with van der Waals surface area (Å²) in [5.74, 6) is -1.13. The fourth-order valence-electron chi connectivity index (χ4n) is 2.06. The zero-order chi connectivity index (χ0) is 18.3. The molecule has 0 unspecified atom stereocenters. The van der Waals surface area contributed by atoms with Crippen LogP contribution in [0, 0.1) is 5.82 Å². The van der Waals surface area contributed by atoms with Gasteiger partial charge in [0, 0.05) is 6.54 Å². The highest BCUT2D eigenvalue weighted by Gasteiger charge is 2.32. The molecule has 0 aliphatic rings. The van der Waals surface area contributed by atoms with E-state index in [1.807, 2.05) is 0 Å². The fraction of sp³-hybridized carbons (Fsp3) is 0.235. The van der Waals surface area contributed by atoms with Gasteiger partial charge in [0.1, 0.15) is 5.82 Å². The smallest absolute Gasteiger partial charge is 0.404 e. The highest BCUT2D eigenvalue weighted by atomic mass is 19.4. The molecule has 0 radical (unpaired) electrons. The summed E-state index contributed by atoms with van der Waals surface area (Å²) in [6.45, 7) is 0.120. The highest BCUT2D eigenvalue weighted by Crippen LogP contribution is 2.29. The van der Waals surface area contributed by atoms with Gasteiger partial charge < -0.3 is 15.4 Å². The van der Waals surface area contributed by atoms with Crippen LogP contribution in [0.4, 0.5) is 23.2 Å². The van der Waals surface area contributed by atoms with Gasteiger partial charge in [-0.15, -0.1) is 13.2 Å². The lowest BCUT2D eigenvalue weighted by Gasteiger charge is -2.14. The van der Waals surface area contributed by atoms with Crippen LogP contribution in [0.3, 0.4) is 0 Å². The van der Waals surface area contributed by atoms with Crippen LogP contribution in [-0.2, 0) is 11.2 Å². The SMILES string of the molecule is O=C(CNc1ccccc1OC(F)(F)F)NCCc1ccc(F)cc1. The summed E-state index contributed by atoms with van der Waals surface area (Å²) in [4.78, 5) is 11.8. The van der Waals surface area contributed by atoms with Crippen molar-refractivity contribution < 1.29 is 27.1 Å². The number of para-hydroxylation sites is 2. The van der Waals surface area contributed by atoms with Gasteiger partial charge in [0.05, 0.1) is 12.2 Å². The van der Waals surface area contributed by atoms with Gasteiger partial charge in [-0.1, -0.05) is 24.3 Å². The van der Waals surface area contributed by atoms with E-state index in [4.69, 9.17) is 0 Å². The average Bonchev–Trinajstić information content (AvgIpc) is 2.54. The molecule has 0 aromatic heterocycles. The van der Waals surface area contributed by atoms with Gasteiger partial charge in [-0.05, 0) is 36.2 Å². The second-order valence-electron chi connectivity index (χ2n) is 5.12. The molecule has 0 aliphatic heterocycles. The molecule has 25 heavy (non-hydrogen) atoms. The minimum absolute atomic E-state index is 0.0634. The molecule has 0 fully saturated rings. The third kappa shape index (κ3) is 6.70. The number of hydrogen-bond donors (Lipinski definition) is 2. The molecule has 2 N–H and O–H groups in total. The highest BCUT2D eigenvalue weighted by molar-refractivity contribution is 5.81. The standard InChI is InChI=1S/C17H16F4N2O2/c18-13-7-5-12(6-8-13)9-10-22-16(24)11-23-14-3-1-2-4-15(14)25-17(19,20)21/h1-8,23H,9-11H2,(H,22,24). The van der Waals surface area contributed by atoms with Gasteiger partial charge in [0.25, 0.3) is 0 Å². The summed E-state index contributed by atoms with van der Waals surface area (Å²) < 4.78 is 53.6. The van der Waals surface area contributed by atoms with Crippen LogP contribution in [0.5, 0.6) is 5.75 Å². The summed E-state index contributed by atoms with van der Waals surface area (Å²) in [5, 5.41) is 5.23. The molecule has 2 aromatic carbocycles. The van der Waals surface area contributed by atoms with Crippen molar-refractivity contribution in [2.75, 3.05) is 18.4 Å². The molecule has 134 valence electrons. The van der Waals surface area contributed by atoms with Crippen molar-refractivity contribution >= 4 is 11.6 Å². The first-order valence-corrected chi connectivity index (χ1v) is 7.43. The van der Waals surface area contributed by atoms with E-state index in [0.29, 0.717) is 13.0 Å². The average molecular weight is 356 g/mol. The van der Waals surface area contributed by atoms with Gasteiger partial charge in [-0.2, -0.15) is 0 Å². The van der Waals surface area contributed by atoms with Crippen LogP contribution in [0.1, 0.15) is 5.56 Å². The number of carbonyl (C=O) groups excluding carboxylic acids is 1. The minimum atomic E-state index is -4.81.